The predicted octanol–water partition coefficient (Wildman–Crippen LogP) is 4.59. The van der Waals surface area contributed by atoms with E-state index in [1.165, 1.54) is 0 Å². The lowest BCUT2D eigenvalue weighted by Crippen LogP contribution is -2.28. The van der Waals surface area contributed by atoms with Crippen LogP contribution < -0.4 is 14.8 Å². The van der Waals surface area contributed by atoms with Crippen LogP contribution in [0, 0.1) is 13.8 Å². The molecular weight excluding hydrogens is 314 g/mol. The normalized spacial score (nSPS) is 11.7. The molecule has 0 radical (unpaired) electrons. The molecule has 0 heterocycles. The molecular formula is C21H27NO3. The molecule has 1 atom stereocenters. The fourth-order valence-electron chi connectivity index (χ4n) is 2.89. The Kier molecular flexibility index (Phi) is 6.45. The van der Waals surface area contributed by atoms with Crippen molar-refractivity contribution in [3.8, 4) is 11.5 Å². The molecule has 0 saturated heterocycles. The van der Waals surface area contributed by atoms with E-state index in [4.69, 9.17) is 9.47 Å². The highest BCUT2D eigenvalue weighted by Crippen LogP contribution is 2.25. The minimum absolute atomic E-state index is 0.0380. The molecule has 2 rings (SSSR count). The number of ether oxygens (including phenoxy) is 2. The molecule has 0 bridgehead atoms. The van der Waals surface area contributed by atoms with Crippen LogP contribution in [0.15, 0.2) is 36.4 Å². The van der Waals surface area contributed by atoms with Gasteiger partial charge in [-0.3, -0.25) is 4.79 Å². The quantitative estimate of drug-likeness (QED) is 0.801. The molecule has 4 nitrogen and oxygen atoms in total. The van der Waals surface area contributed by atoms with E-state index < -0.39 is 0 Å². The van der Waals surface area contributed by atoms with E-state index in [0.717, 1.165) is 34.6 Å². The Morgan fingerprint density at radius 2 is 1.72 bits per heavy atom. The van der Waals surface area contributed by atoms with E-state index >= 15 is 0 Å². The van der Waals surface area contributed by atoms with Crippen molar-refractivity contribution in [1.29, 1.82) is 0 Å². The van der Waals surface area contributed by atoms with E-state index in [1.807, 2.05) is 45.0 Å². The minimum atomic E-state index is -0.0773. The first-order chi connectivity index (χ1) is 12.0. The lowest BCUT2D eigenvalue weighted by molar-refractivity contribution is 0.0935. The Balaban J connectivity index is 2.17. The van der Waals surface area contributed by atoms with Crippen molar-refractivity contribution in [3.05, 3.63) is 58.7 Å². The van der Waals surface area contributed by atoms with E-state index in [0.29, 0.717) is 12.2 Å². The van der Waals surface area contributed by atoms with Gasteiger partial charge in [-0.25, -0.2) is 0 Å². The summed E-state index contributed by atoms with van der Waals surface area (Å²) in [6.45, 7) is 8.58. The SMILES string of the molecule is CCOc1ccc(C(=O)N[C@H](CC)c2ccc(OC)c(C)c2)cc1C. The van der Waals surface area contributed by atoms with Crippen LogP contribution in [0.3, 0.4) is 0 Å². The highest BCUT2D eigenvalue weighted by molar-refractivity contribution is 5.94. The maximum Gasteiger partial charge on any atom is 0.251 e. The van der Waals surface area contributed by atoms with Crippen molar-refractivity contribution in [1.82, 2.24) is 5.32 Å². The van der Waals surface area contributed by atoms with Gasteiger partial charge in [0, 0.05) is 5.56 Å². The number of amides is 1. The molecule has 1 amide bonds. The van der Waals surface area contributed by atoms with Crippen molar-refractivity contribution < 1.29 is 14.3 Å². The van der Waals surface area contributed by atoms with Crippen molar-refractivity contribution in [3.63, 3.8) is 0 Å². The largest absolute Gasteiger partial charge is 0.496 e. The third kappa shape index (κ3) is 4.53. The van der Waals surface area contributed by atoms with Gasteiger partial charge in [0.05, 0.1) is 19.8 Å². The summed E-state index contributed by atoms with van der Waals surface area (Å²) >= 11 is 0. The minimum Gasteiger partial charge on any atom is -0.496 e. The molecule has 4 heteroatoms. The molecule has 0 fully saturated rings. The molecule has 0 spiro atoms. The molecule has 0 aliphatic heterocycles. The Morgan fingerprint density at radius 3 is 2.28 bits per heavy atom. The molecule has 0 saturated carbocycles. The fraction of sp³-hybridized carbons (Fsp3) is 0.381. The molecule has 1 N–H and O–H groups in total. The summed E-state index contributed by atoms with van der Waals surface area (Å²) in [5.74, 6) is 1.59. The van der Waals surface area contributed by atoms with Crippen molar-refractivity contribution in [2.24, 2.45) is 0 Å². The topological polar surface area (TPSA) is 47.6 Å². The van der Waals surface area contributed by atoms with Crippen molar-refractivity contribution in [2.45, 2.75) is 40.2 Å². The van der Waals surface area contributed by atoms with Gasteiger partial charge in [-0.15, -0.1) is 0 Å². The number of carbonyl (C=O) groups is 1. The summed E-state index contributed by atoms with van der Waals surface area (Å²) in [5, 5.41) is 3.12. The van der Waals surface area contributed by atoms with Crippen LogP contribution in [-0.4, -0.2) is 19.6 Å². The average molecular weight is 341 g/mol. The molecule has 0 aliphatic carbocycles. The van der Waals surface area contributed by atoms with Gasteiger partial charge < -0.3 is 14.8 Å². The predicted molar refractivity (Wildman–Crippen MR) is 101 cm³/mol. The zero-order valence-electron chi connectivity index (χ0n) is 15.7. The maximum absolute atomic E-state index is 12.6. The Hall–Kier alpha value is -2.49. The smallest absolute Gasteiger partial charge is 0.251 e. The number of aryl methyl sites for hydroxylation is 2. The summed E-state index contributed by atoms with van der Waals surface area (Å²) < 4.78 is 10.8. The number of hydrogen-bond donors (Lipinski definition) is 1. The second kappa shape index (κ2) is 8.56. The third-order valence-corrected chi connectivity index (χ3v) is 4.27. The van der Waals surface area contributed by atoms with Crippen LogP contribution in [0.2, 0.25) is 0 Å². The van der Waals surface area contributed by atoms with Gasteiger partial charge in [-0.1, -0.05) is 19.1 Å². The summed E-state index contributed by atoms with van der Waals surface area (Å²) in [5.41, 5.74) is 3.74. The van der Waals surface area contributed by atoms with Gasteiger partial charge in [-0.2, -0.15) is 0 Å². The van der Waals surface area contributed by atoms with Gasteiger partial charge in [-0.05, 0) is 68.1 Å². The van der Waals surface area contributed by atoms with E-state index in [2.05, 4.69) is 18.3 Å². The summed E-state index contributed by atoms with van der Waals surface area (Å²) in [6, 6.07) is 11.5. The number of rotatable bonds is 7. The van der Waals surface area contributed by atoms with Gasteiger partial charge >= 0.3 is 0 Å². The van der Waals surface area contributed by atoms with Crippen molar-refractivity contribution in [2.75, 3.05) is 13.7 Å². The van der Waals surface area contributed by atoms with Crippen LogP contribution >= 0.6 is 0 Å². The standard InChI is InChI=1S/C21H27NO3/c1-6-18(16-8-10-19(24-5)14(3)12-16)22-21(23)17-9-11-20(25-7-2)15(4)13-17/h8-13,18H,6-7H2,1-5H3,(H,22,23)/t18-/m1/s1. The second-order valence-corrected chi connectivity index (χ2v) is 6.08. The highest BCUT2D eigenvalue weighted by Gasteiger charge is 2.16. The van der Waals surface area contributed by atoms with Crippen LogP contribution in [0.4, 0.5) is 0 Å². The maximum atomic E-state index is 12.6. The molecule has 2 aromatic carbocycles. The number of nitrogens with one attached hydrogen (secondary N) is 1. The zero-order chi connectivity index (χ0) is 18.4. The number of carbonyl (C=O) groups excluding carboxylic acids is 1. The van der Waals surface area contributed by atoms with Gasteiger partial charge in [0.2, 0.25) is 0 Å². The lowest BCUT2D eigenvalue weighted by atomic mass is 10.0. The van der Waals surface area contributed by atoms with Crippen LogP contribution in [-0.2, 0) is 0 Å². The first kappa shape index (κ1) is 18.8. The highest BCUT2D eigenvalue weighted by atomic mass is 16.5. The number of benzene rings is 2. The molecule has 0 aliphatic rings. The first-order valence-corrected chi connectivity index (χ1v) is 8.69. The van der Waals surface area contributed by atoms with E-state index in [-0.39, 0.29) is 11.9 Å². The van der Waals surface area contributed by atoms with E-state index in [1.54, 1.807) is 13.2 Å². The van der Waals surface area contributed by atoms with Gasteiger partial charge in [0.25, 0.3) is 5.91 Å². The summed E-state index contributed by atoms with van der Waals surface area (Å²) in [4.78, 5) is 12.6. The number of hydrogen-bond acceptors (Lipinski definition) is 3. The molecule has 2 aromatic rings. The molecule has 134 valence electrons. The molecule has 0 aromatic heterocycles. The van der Waals surface area contributed by atoms with Crippen LogP contribution in [0.5, 0.6) is 11.5 Å². The first-order valence-electron chi connectivity index (χ1n) is 8.69. The Bertz CT molecular complexity index is 740. The summed E-state index contributed by atoms with van der Waals surface area (Å²) in [6.07, 6.45) is 0.813. The zero-order valence-corrected chi connectivity index (χ0v) is 15.7. The monoisotopic (exact) mass is 341 g/mol. The van der Waals surface area contributed by atoms with Gasteiger partial charge in [0.15, 0.2) is 0 Å². The second-order valence-electron chi connectivity index (χ2n) is 6.08. The van der Waals surface area contributed by atoms with E-state index in [9.17, 15) is 4.79 Å². The average Bonchev–Trinajstić information content (AvgIpc) is 2.61. The van der Waals surface area contributed by atoms with Crippen LogP contribution in [0.1, 0.15) is 53.4 Å². The molecule has 25 heavy (non-hydrogen) atoms. The van der Waals surface area contributed by atoms with Crippen LogP contribution in [0.25, 0.3) is 0 Å². The number of methoxy groups -OCH3 is 1. The third-order valence-electron chi connectivity index (χ3n) is 4.27. The lowest BCUT2D eigenvalue weighted by Gasteiger charge is -2.19. The van der Waals surface area contributed by atoms with Gasteiger partial charge in [0.1, 0.15) is 11.5 Å². The fourth-order valence-corrected chi connectivity index (χ4v) is 2.89. The summed E-state index contributed by atoms with van der Waals surface area (Å²) in [7, 11) is 1.66. The Labute approximate surface area is 150 Å². The molecule has 0 unspecified atom stereocenters. The Morgan fingerprint density at radius 1 is 1.04 bits per heavy atom. The van der Waals surface area contributed by atoms with Crippen molar-refractivity contribution >= 4 is 5.91 Å².